The van der Waals surface area contributed by atoms with Crippen molar-refractivity contribution in [2.45, 2.75) is 24.7 Å². The van der Waals surface area contributed by atoms with Crippen LogP contribution in [0.1, 0.15) is 24.0 Å². The van der Waals surface area contributed by atoms with E-state index in [1.165, 1.54) is 28.7 Å². The zero-order chi connectivity index (χ0) is 21.0. The quantitative estimate of drug-likeness (QED) is 0.507. The molecule has 2 aromatic carbocycles. The first-order valence-electron chi connectivity index (χ1n) is 9.19. The summed E-state index contributed by atoms with van der Waals surface area (Å²) in [6, 6.07) is 10.7. The van der Waals surface area contributed by atoms with E-state index < -0.39 is 10.0 Å². The average molecular weight is 417 g/mol. The number of hydrogen-bond acceptors (Lipinski definition) is 6. The van der Waals surface area contributed by atoms with Gasteiger partial charge in [-0.25, -0.2) is 13.8 Å². The number of carbonyl (C=O) groups is 1. The smallest absolute Gasteiger partial charge is 0.243 e. The van der Waals surface area contributed by atoms with Crippen LogP contribution in [0.15, 0.2) is 52.5 Å². The lowest BCUT2D eigenvalue weighted by molar-refractivity contribution is -0.126. The Kier molecular flexibility index (Phi) is 6.19. The van der Waals surface area contributed by atoms with Crippen molar-refractivity contribution in [2.75, 3.05) is 13.1 Å². The number of hydrogen-bond donors (Lipinski definition) is 3. The van der Waals surface area contributed by atoms with E-state index in [1.807, 2.05) is 6.92 Å². The van der Waals surface area contributed by atoms with E-state index >= 15 is 0 Å². The summed E-state index contributed by atoms with van der Waals surface area (Å²) in [5.74, 6) is -0.870. The van der Waals surface area contributed by atoms with Crippen LogP contribution in [0, 0.1) is 12.8 Å². The number of piperidine rings is 1. The van der Waals surface area contributed by atoms with Crippen LogP contribution in [0.4, 0.5) is 0 Å². The maximum Gasteiger partial charge on any atom is 0.243 e. The van der Waals surface area contributed by atoms with Crippen molar-refractivity contribution < 1.29 is 23.4 Å². The number of hydrazone groups is 1. The Morgan fingerprint density at radius 3 is 2.41 bits per heavy atom. The summed E-state index contributed by atoms with van der Waals surface area (Å²) < 4.78 is 26.8. The molecule has 0 aromatic heterocycles. The lowest BCUT2D eigenvalue weighted by Crippen LogP contribution is -2.42. The van der Waals surface area contributed by atoms with Gasteiger partial charge in [-0.1, -0.05) is 17.7 Å². The molecule has 0 unspecified atom stereocenters. The van der Waals surface area contributed by atoms with Gasteiger partial charge in [0, 0.05) is 30.6 Å². The van der Waals surface area contributed by atoms with Crippen molar-refractivity contribution in [3.05, 3.63) is 53.6 Å². The predicted molar refractivity (Wildman–Crippen MR) is 108 cm³/mol. The Balaban J connectivity index is 1.55. The highest BCUT2D eigenvalue weighted by Crippen LogP contribution is 2.24. The van der Waals surface area contributed by atoms with E-state index in [0.717, 1.165) is 5.56 Å². The first kappa shape index (κ1) is 20.8. The average Bonchev–Trinajstić information content (AvgIpc) is 2.70. The van der Waals surface area contributed by atoms with Gasteiger partial charge >= 0.3 is 0 Å². The van der Waals surface area contributed by atoms with Crippen LogP contribution in [-0.2, 0) is 14.8 Å². The van der Waals surface area contributed by atoms with Gasteiger partial charge in [-0.2, -0.15) is 9.41 Å². The van der Waals surface area contributed by atoms with Crippen molar-refractivity contribution in [1.29, 1.82) is 0 Å². The topological polar surface area (TPSA) is 119 Å². The fraction of sp³-hybridized carbons (Fsp3) is 0.300. The molecule has 29 heavy (non-hydrogen) atoms. The minimum Gasteiger partial charge on any atom is -0.508 e. The number of phenolic OH excluding ortho intramolecular Hbond substituents is 2. The summed E-state index contributed by atoms with van der Waals surface area (Å²) in [6.45, 7) is 2.42. The number of rotatable bonds is 5. The van der Waals surface area contributed by atoms with Crippen LogP contribution in [-0.4, -0.2) is 48.1 Å². The van der Waals surface area contributed by atoms with Gasteiger partial charge in [0.1, 0.15) is 11.5 Å². The summed E-state index contributed by atoms with van der Waals surface area (Å²) in [5.41, 5.74) is 3.76. The van der Waals surface area contributed by atoms with Crippen molar-refractivity contribution >= 4 is 22.1 Å². The van der Waals surface area contributed by atoms with Crippen molar-refractivity contribution in [2.24, 2.45) is 11.0 Å². The largest absolute Gasteiger partial charge is 0.508 e. The summed E-state index contributed by atoms with van der Waals surface area (Å²) in [6.07, 6.45) is 2.08. The number of phenols is 2. The van der Waals surface area contributed by atoms with Gasteiger partial charge in [0.2, 0.25) is 15.9 Å². The summed E-state index contributed by atoms with van der Waals surface area (Å²) in [7, 11) is -3.57. The molecule has 0 atom stereocenters. The third-order valence-electron chi connectivity index (χ3n) is 4.88. The molecular weight excluding hydrogens is 394 g/mol. The minimum atomic E-state index is -3.57. The highest BCUT2D eigenvalue weighted by molar-refractivity contribution is 7.89. The molecule has 1 aliphatic rings. The standard InChI is InChI=1S/C20H23N3O5S/c1-14-2-6-18(7-3-14)29(27,28)23-10-8-15(9-11-23)20(26)22-21-13-16-4-5-17(24)12-19(16)25/h2-7,12-13,15,24-25H,8-11H2,1H3,(H,22,26)/b21-13+. The van der Waals surface area contributed by atoms with Gasteiger partial charge in [0.05, 0.1) is 11.1 Å². The SMILES string of the molecule is Cc1ccc(S(=O)(=O)N2CCC(C(=O)N/N=C/c3ccc(O)cc3O)CC2)cc1. The van der Waals surface area contributed by atoms with E-state index in [9.17, 15) is 23.4 Å². The number of aromatic hydroxyl groups is 2. The third-order valence-corrected chi connectivity index (χ3v) is 6.79. The second-order valence-electron chi connectivity index (χ2n) is 6.97. The fourth-order valence-electron chi connectivity index (χ4n) is 3.12. The summed E-state index contributed by atoms with van der Waals surface area (Å²) in [4.78, 5) is 12.5. The number of benzene rings is 2. The van der Waals surface area contributed by atoms with E-state index in [0.29, 0.717) is 18.4 Å². The van der Waals surface area contributed by atoms with Crippen LogP contribution >= 0.6 is 0 Å². The van der Waals surface area contributed by atoms with E-state index in [-0.39, 0.29) is 41.3 Å². The van der Waals surface area contributed by atoms with Gasteiger partial charge in [0.25, 0.3) is 0 Å². The number of nitrogens with zero attached hydrogens (tertiary/aromatic N) is 2. The molecule has 0 bridgehead atoms. The van der Waals surface area contributed by atoms with Crippen LogP contribution in [0.2, 0.25) is 0 Å². The highest BCUT2D eigenvalue weighted by atomic mass is 32.2. The maximum atomic E-state index is 12.7. The molecule has 3 rings (SSSR count). The zero-order valence-electron chi connectivity index (χ0n) is 15.9. The molecule has 1 fully saturated rings. The number of carbonyl (C=O) groups excluding carboxylic acids is 1. The summed E-state index contributed by atoms with van der Waals surface area (Å²) in [5, 5.41) is 22.8. The van der Waals surface area contributed by atoms with Crippen molar-refractivity contribution in [3.63, 3.8) is 0 Å². The Morgan fingerprint density at radius 1 is 1.14 bits per heavy atom. The van der Waals surface area contributed by atoms with Crippen molar-refractivity contribution in [1.82, 2.24) is 9.73 Å². The molecule has 154 valence electrons. The predicted octanol–water partition coefficient (Wildman–Crippen LogP) is 1.96. The van der Waals surface area contributed by atoms with Gasteiger partial charge in [0.15, 0.2) is 0 Å². The number of nitrogens with one attached hydrogen (secondary N) is 1. The Bertz CT molecular complexity index is 1010. The minimum absolute atomic E-state index is 0.0731. The highest BCUT2D eigenvalue weighted by Gasteiger charge is 2.32. The molecule has 1 amide bonds. The van der Waals surface area contributed by atoms with E-state index in [4.69, 9.17) is 0 Å². The van der Waals surface area contributed by atoms with Crippen LogP contribution in [0.3, 0.4) is 0 Å². The Hall–Kier alpha value is -2.91. The monoisotopic (exact) mass is 417 g/mol. The summed E-state index contributed by atoms with van der Waals surface area (Å²) >= 11 is 0. The van der Waals surface area contributed by atoms with Crippen LogP contribution in [0.5, 0.6) is 11.5 Å². The lowest BCUT2D eigenvalue weighted by atomic mass is 9.98. The third kappa shape index (κ3) is 4.93. The van der Waals surface area contributed by atoms with Crippen LogP contribution in [0.25, 0.3) is 0 Å². The maximum absolute atomic E-state index is 12.7. The van der Waals surface area contributed by atoms with Gasteiger partial charge in [-0.3, -0.25) is 4.79 Å². The molecule has 0 saturated carbocycles. The van der Waals surface area contributed by atoms with E-state index in [2.05, 4.69) is 10.5 Å². The molecular formula is C20H23N3O5S. The molecule has 2 aromatic rings. The number of amides is 1. The van der Waals surface area contributed by atoms with Crippen LogP contribution < -0.4 is 5.43 Å². The number of sulfonamides is 1. The molecule has 1 saturated heterocycles. The Morgan fingerprint density at radius 2 is 1.79 bits per heavy atom. The molecule has 0 spiro atoms. The molecule has 0 radical (unpaired) electrons. The lowest BCUT2D eigenvalue weighted by Gasteiger charge is -2.30. The van der Waals surface area contributed by atoms with Gasteiger partial charge in [-0.05, 0) is 44.0 Å². The zero-order valence-corrected chi connectivity index (χ0v) is 16.8. The second kappa shape index (κ2) is 8.62. The van der Waals surface area contributed by atoms with Crippen molar-refractivity contribution in [3.8, 4) is 11.5 Å². The Labute approximate surface area is 169 Å². The molecule has 1 aliphatic heterocycles. The fourth-order valence-corrected chi connectivity index (χ4v) is 4.59. The second-order valence-corrected chi connectivity index (χ2v) is 8.91. The molecule has 9 heteroatoms. The first-order chi connectivity index (χ1) is 13.8. The van der Waals surface area contributed by atoms with Gasteiger partial charge in [-0.15, -0.1) is 0 Å². The van der Waals surface area contributed by atoms with Gasteiger partial charge < -0.3 is 10.2 Å². The molecule has 0 aliphatic carbocycles. The number of aryl methyl sites for hydroxylation is 1. The first-order valence-corrected chi connectivity index (χ1v) is 10.6. The normalized spacial score (nSPS) is 16.2. The molecule has 3 N–H and O–H groups in total. The van der Waals surface area contributed by atoms with E-state index in [1.54, 1.807) is 24.3 Å². The molecule has 8 nitrogen and oxygen atoms in total. The molecule has 1 heterocycles.